The van der Waals surface area contributed by atoms with Crippen LogP contribution in [0.1, 0.15) is 123 Å². The first-order valence-electron chi connectivity index (χ1n) is 21.9. The number of hydrogen-bond acceptors (Lipinski definition) is 3. The highest BCUT2D eigenvalue weighted by Crippen LogP contribution is 2.46. The normalized spacial score (nSPS) is 18.6. The molecule has 0 radical (unpaired) electrons. The number of aryl methyl sites for hydroxylation is 3. The van der Waals surface area contributed by atoms with Gasteiger partial charge in [0.25, 0.3) is 0 Å². The molecule has 2 aliphatic heterocycles. The second-order valence-corrected chi connectivity index (χ2v) is 17.0. The molecule has 7 rings (SSSR count). The van der Waals surface area contributed by atoms with Gasteiger partial charge in [-0.05, 0) is 117 Å². The Hall–Kier alpha value is -4.48. The summed E-state index contributed by atoms with van der Waals surface area (Å²) in [4.78, 5) is 7.20. The topological polar surface area (TPSA) is 9.72 Å². The molecular formula is C53H67F2N3. The van der Waals surface area contributed by atoms with Gasteiger partial charge >= 0.3 is 0 Å². The average Bonchev–Trinajstić information content (AvgIpc) is 3.55. The van der Waals surface area contributed by atoms with Gasteiger partial charge in [0.2, 0.25) is 5.92 Å². The fraction of sp³-hybridized carbons (Fsp3) is 0.434. The molecule has 0 aromatic heterocycles. The van der Waals surface area contributed by atoms with Crippen molar-refractivity contribution < 1.29 is 8.78 Å². The van der Waals surface area contributed by atoms with Gasteiger partial charge in [-0.1, -0.05) is 123 Å². The molecule has 0 amide bonds. The highest BCUT2D eigenvalue weighted by atomic mass is 19.3. The second kappa shape index (κ2) is 19.5. The highest BCUT2D eigenvalue weighted by molar-refractivity contribution is 5.72. The standard InChI is InChI=1S/C51H61F2N3.C2H6/c1-36(2)13-24-49(37(3)4)56-35-44-34-45(20-23-46(44)39(56)6)55-31-29-54(30-32-55)28-10-26-51(52,53)27-25-40-15-17-42(18-16-40)50-47(41-11-8-7-9-12-41)22-19-43-33-38(5)14-21-48(43)50;1-2/h7-9,11-12,14-18,20-21,23,33-34,47,49-50H,1,3,6,10,13,19,22,24-32,35H2,2,4-5H3;1-2H3. The van der Waals surface area contributed by atoms with E-state index in [1.54, 1.807) is 0 Å². The molecule has 5 heteroatoms. The Morgan fingerprint density at radius 3 is 2.24 bits per heavy atom. The summed E-state index contributed by atoms with van der Waals surface area (Å²) in [6.07, 6.45) is 4.89. The quantitative estimate of drug-likeness (QED) is 0.111. The van der Waals surface area contributed by atoms with Gasteiger partial charge < -0.3 is 9.80 Å². The first-order chi connectivity index (χ1) is 28.0. The number of rotatable bonds is 15. The van der Waals surface area contributed by atoms with Crippen LogP contribution < -0.4 is 4.90 Å². The molecule has 1 fully saturated rings. The molecule has 1 saturated heterocycles. The molecule has 4 aromatic rings. The van der Waals surface area contributed by atoms with Gasteiger partial charge in [0.1, 0.15) is 0 Å². The Bertz CT molecular complexity index is 2010. The van der Waals surface area contributed by atoms with Crippen molar-refractivity contribution in [3.63, 3.8) is 0 Å². The molecule has 2 heterocycles. The number of halogens is 2. The Morgan fingerprint density at radius 1 is 0.828 bits per heavy atom. The maximum absolute atomic E-state index is 15.2. The summed E-state index contributed by atoms with van der Waals surface area (Å²) < 4.78 is 30.5. The molecule has 3 atom stereocenters. The third kappa shape index (κ3) is 10.4. The van der Waals surface area contributed by atoms with Gasteiger partial charge in [-0.2, -0.15) is 0 Å². The predicted octanol–water partition coefficient (Wildman–Crippen LogP) is 13.1. The van der Waals surface area contributed by atoms with Crippen LogP contribution in [0.2, 0.25) is 0 Å². The van der Waals surface area contributed by atoms with Gasteiger partial charge in [0, 0.05) is 68.4 Å². The van der Waals surface area contributed by atoms with Gasteiger partial charge in [-0.25, -0.2) is 8.78 Å². The van der Waals surface area contributed by atoms with Crippen LogP contribution in [0.3, 0.4) is 0 Å². The van der Waals surface area contributed by atoms with Crippen LogP contribution in [0.25, 0.3) is 5.70 Å². The molecule has 308 valence electrons. The van der Waals surface area contributed by atoms with E-state index in [0.29, 0.717) is 25.3 Å². The summed E-state index contributed by atoms with van der Waals surface area (Å²) in [7, 11) is 0. The van der Waals surface area contributed by atoms with Crippen LogP contribution in [-0.4, -0.2) is 54.5 Å². The molecule has 0 bridgehead atoms. The van der Waals surface area contributed by atoms with Gasteiger partial charge in [0.05, 0.1) is 6.04 Å². The van der Waals surface area contributed by atoms with Crippen molar-refractivity contribution in [2.24, 2.45) is 0 Å². The van der Waals surface area contributed by atoms with E-state index in [4.69, 9.17) is 0 Å². The second-order valence-electron chi connectivity index (χ2n) is 17.0. The number of allylic oxidation sites excluding steroid dienone is 1. The lowest BCUT2D eigenvalue weighted by Crippen LogP contribution is -2.46. The minimum absolute atomic E-state index is 0.0644. The minimum atomic E-state index is -2.67. The van der Waals surface area contributed by atoms with E-state index in [0.717, 1.165) is 75.2 Å². The number of nitrogens with zero attached hydrogens (tertiary/aromatic N) is 3. The Labute approximate surface area is 349 Å². The largest absolute Gasteiger partial charge is 0.369 e. The molecule has 4 aromatic carbocycles. The van der Waals surface area contributed by atoms with Crippen LogP contribution in [0.4, 0.5) is 14.5 Å². The summed E-state index contributed by atoms with van der Waals surface area (Å²) in [5.41, 5.74) is 15.0. The first-order valence-corrected chi connectivity index (χ1v) is 21.9. The molecule has 3 nitrogen and oxygen atoms in total. The zero-order valence-electron chi connectivity index (χ0n) is 36.0. The fourth-order valence-corrected chi connectivity index (χ4v) is 9.53. The lowest BCUT2D eigenvalue weighted by atomic mass is 9.69. The lowest BCUT2D eigenvalue weighted by molar-refractivity contribution is -0.0196. The van der Waals surface area contributed by atoms with Crippen molar-refractivity contribution in [2.45, 2.75) is 116 Å². The maximum atomic E-state index is 15.2. The van der Waals surface area contributed by atoms with Crippen LogP contribution in [0, 0.1) is 6.92 Å². The summed E-state index contributed by atoms with van der Waals surface area (Å²) >= 11 is 0. The molecule has 0 saturated carbocycles. The molecule has 58 heavy (non-hydrogen) atoms. The molecule has 3 aliphatic rings. The van der Waals surface area contributed by atoms with E-state index in [2.05, 4.69) is 146 Å². The van der Waals surface area contributed by atoms with Crippen LogP contribution in [0.15, 0.2) is 122 Å². The number of fused-ring (bicyclic) bond motifs is 2. The minimum Gasteiger partial charge on any atom is -0.369 e. The van der Waals surface area contributed by atoms with Crippen LogP contribution in [0.5, 0.6) is 0 Å². The Balaban J connectivity index is 0.00000279. The number of anilines is 1. The van der Waals surface area contributed by atoms with Crippen molar-refractivity contribution in [1.82, 2.24) is 9.80 Å². The molecule has 0 spiro atoms. The molecule has 0 N–H and O–H groups in total. The maximum Gasteiger partial charge on any atom is 0.248 e. The molecular weight excluding hydrogens is 717 g/mol. The van der Waals surface area contributed by atoms with E-state index >= 15 is 8.78 Å². The first kappa shape index (κ1) is 43.1. The zero-order chi connectivity index (χ0) is 41.4. The van der Waals surface area contributed by atoms with Crippen LogP contribution in [-0.2, 0) is 19.4 Å². The lowest BCUT2D eigenvalue weighted by Gasteiger charge is -2.36. The Morgan fingerprint density at radius 2 is 1.55 bits per heavy atom. The summed E-state index contributed by atoms with van der Waals surface area (Å²) in [6, 6.07) is 33.3. The summed E-state index contributed by atoms with van der Waals surface area (Å²) in [5.74, 6) is -2.02. The highest BCUT2D eigenvalue weighted by Gasteiger charge is 2.33. The zero-order valence-corrected chi connectivity index (χ0v) is 36.0. The van der Waals surface area contributed by atoms with Crippen LogP contribution >= 0.6 is 0 Å². The van der Waals surface area contributed by atoms with E-state index in [-0.39, 0.29) is 24.8 Å². The fourth-order valence-electron chi connectivity index (χ4n) is 9.53. The Kier molecular flexibility index (Phi) is 14.5. The average molecular weight is 784 g/mol. The predicted molar refractivity (Wildman–Crippen MR) is 243 cm³/mol. The number of piperazine rings is 1. The summed E-state index contributed by atoms with van der Waals surface area (Å²) in [6.45, 7) is 28.4. The van der Waals surface area contributed by atoms with Crippen molar-refractivity contribution in [3.05, 3.63) is 166 Å². The SMILES string of the molecule is C=C(C)CCC(C(=C)C)N1Cc2cc(N3CCN(CCCC(F)(F)CCc4ccc(C5c6ccc(C)cc6CCC5c5ccccc5)cc4)CC3)ccc2C1=C.CC. The third-order valence-corrected chi connectivity index (χ3v) is 12.7. The van der Waals surface area contributed by atoms with Crippen molar-refractivity contribution >= 4 is 11.4 Å². The monoisotopic (exact) mass is 784 g/mol. The third-order valence-electron chi connectivity index (χ3n) is 12.7. The summed E-state index contributed by atoms with van der Waals surface area (Å²) in [5, 5.41) is 0. The van der Waals surface area contributed by atoms with Crippen molar-refractivity contribution in [3.8, 4) is 0 Å². The number of benzene rings is 4. The molecule has 3 unspecified atom stereocenters. The molecule has 1 aliphatic carbocycles. The van der Waals surface area contributed by atoms with E-state index in [1.165, 1.54) is 50.2 Å². The number of alkyl halides is 2. The van der Waals surface area contributed by atoms with E-state index in [1.807, 2.05) is 13.8 Å². The van der Waals surface area contributed by atoms with Crippen molar-refractivity contribution in [1.29, 1.82) is 0 Å². The number of hydrogen-bond donors (Lipinski definition) is 0. The van der Waals surface area contributed by atoms with Gasteiger partial charge in [-0.3, -0.25) is 4.90 Å². The van der Waals surface area contributed by atoms with Gasteiger partial charge in [-0.15, -0.1) is 6.58 Å². The van der Waals surface area contributed by atoms with E-state index in [9.17, 15) is 0 Å². The van der Waals surface area contributed by atoms with Gasteiger partial charge in [0.15, 0.2) is 0 Å². The smallest absolute Gasteiger partial charge is 0.248 e. The van der Waals surface area contributed by atoms with E-state index < -0.39 is 5.92 Å². The van der Waals surface area contributed by atoms with Crippen molar-refractivity contribution in [2.75, 3.05) is 37.6 Å².